The highest BCUT2D eigenvalue weighted by atomic mass is 35.5. The molecule has 12 nitrogen and oxygen atoms in total. The van der Waals surface area contributed by atoms with E-state index < -0.39 is 22.0 Å². The molecule has 0 amide bonds. The van der Waals surface area contributed by atoms with Gasteiger partial charge in [0.05, 0.1) is 34.0 Å². The molecule has 3 heterocycles. The fraction of sp³-hybridized carbons (Fsp3) is 0.817. The first-order valence-corrected chi connectivity index (χ1v) is 53.6. The van der Waals surface area contributed by atoms with Crippen LogP contribution in [0.1, 0.15) is 387 Å². The van der Waals surface area contributed by atoms with Gasteiger partial charge in [0.15, 0.2) is 0 Å². The van der Waals surface area contributed by atoms with E-state index in [9.17, 15) is 38.7 Å². The lowest BCUT2D eigenvalue weighted by Crippen LogP contribution is -2.55. The molecular weight excluding hydrogens is 1660 g/mol. The first kappa shape index (κ1) is 107. The molecule has 15 aliphatic rings. The average Bonchev–Trinajstić information content (AvgIpc) is 1.34. The monoisotopic (exact) mass is 1840 g/mol. The number of esters is 2. The van der Waals surface area contributed by atoms with Crippen LogP contribution in [0.15, 0.2) is 91.0 Å². The number of fused-ring (bicyclic) bond motifs is 15. The molecule has 0 spiro atoms. The number of rotatable bonds is 20. The quantitative estimate of drug-likeness (QED) is 0.0621. The molecule has 3 saturated heterocycles. The summed E-state index contributed by atoms with van der Waals surface area (Å²) < 4.78 is 39.5. The van der Waals surface area contributed by atoms with Crippen LogP contribution in [-0.4, -0.2) is 119 Å². The van der Waals surface area contributed by atoms with Crippen molar-refractivity contribution in [3.8, 4) is 0 Å². The fourth-order valence-electron chi connectivity index (χ4n) is 33.5. The standard InChI is InChI=1S/2C37H56O4.C30H52O3.C7H5ClO.CH3FS.3CH4/c2*1-25(10-15-33(26-17-22-40-23-18-26)41-34(38)27-8-6-5-7-9-27)30-13-14-31-29-12-11-28-24-35(2,39)20-21-36(28,3)32(29)16-19-37(30,31)4;1-20(5-10-27(31)21-12-17-33-18-13-21)24-8-9-25-23-7-6-22-19-28(2,32)15-16-29(22,3)26(23)11-14-30(24,25)4;8-7(9)6-4-2-1-3-5-6;1-3-2;;;/h2*5-9,25-26,28-33,39H,10-24H2,1-4H3;20-27,31-32H,5-19H2,1-4H3;1-5H;1H3;3*1H4/t25-,28+,29+,30-,31+,32+,33+,35+,36+,37-;25-,28+,29+,30-,31+,32+,33-,35+,36+,37-;20-,22+,23+,24-,25+,26+,27?,28+,29+,30-;;;;;/m111...../s1. The highest BCUT2D eigenvalue weighted by Gasteiger charge is 2.66. The maximum atomic E-state index is 13.1. The van der Waals surface area contributed by atoms with Gasteiger partial charge in [-0.15, -0.1) is 0 Å². The van der Waals surface area contributed by atoms with Gasteiger partial charge in [0.2, 0.25) is 0 Å². The molecule has 4 N–H and O–H groups in total. The Labute approximate surface area is 799 Å². The van der Waals surface area contributed by atoms with E-state index in [4.69, 9.17) is 35.3 Å². The van der Waals surface area contributed by atoms with Crippen LogP contribution in [0.25, 0.3) is 0 Å². The van der Waals surface area contributed by atoms with Crippen molar-refractivity contribution in [2.24, 2.45) is 157 Å². The van der Waals surface area contributed by atoms with Crippen molar-refractivity contribution in [3.05, 3.63) is 108 Å². The predicted octanol–water partition coefficient (Wildman–Crippen LogP) is 28.7. The smallest absolute Gasteiger partial charge is 0.338 e. The molecule has 736 valence electrons. The summed E-state index contributed by atoms with van der Waals surface area (Å²) in [6.45, 7) is 34.3. The first-order chi connectivity index (χ1) is 60.6. The average molecular weight is 1850 g/mol. The molecule has 0 bridgehead atoms. The van der Waals surface area contributed by atoms with E-state index in [0.29, 0.717) is 90.6 Å². The SMILES string of the molecule is C.C.C.CSF.C[C@H](CCC(O)C1CCOCC1)[C@H]1CC[C@H]2[C@@H]3CC[C@H]4C[C@@](C)(O)CC[C@]4(C)[C@H]3CC[C@]12C.C[C@H](CC[C@@H](OC(=O)c1ccccc1)C1CCOCC1)[C@H]1CC[C@H]2[C@@H]3CC[C@H]4C[C@@](C)(O)CC[C@]4(C)[C@H]3CC[C@]12C.C[C@H](CC[C@H](OC(=O)c1ccccc1)C1CCOCC1)[C@H]1CC[C@H]2[C@@H]3CC[C@H]4C[C@@](C)(O)CC[C@]4(C)[C@H]3CC[C@]12C.O=C(Cl)c1ccccc1. The predicted molar refractivity (Wildman–Crippen MR) is 532 cm³/mol. The lowest BCUT2D eigenvalue weighted by atomic mass is 9.43. The van der Waals surface area contributed by atoms with Gasteiger partial charge in [-0.3, -0.25) is 4.79 Å². The van der Waals surface area contributed by atoms with Crippen molar-refractivity contribution in [1.29, 1.82) is 0 Å². The Morgan fingerprint density at radius 3 is 0.923 bits per heavy atom. The van der Waals surface area contributed by atoms with Gasteiger partial charge < -0.3 is 44.1 Å². The molecule has 15 heteroatoms. The molecule has 0 aromatic heterocycles. The Hall–Kier alpha value is -3.44. The van der Waals surface area contributed by atoms with Gasteiger partial charge in [0.25, 0.3) is 5.24 Å². The molecule has 130 heavy (non-hydrogen) atoms. The molecule has 12 aliphatic carbocycles. The maximum absolute atomic E-state index is 13.1. The lowest BCUT2D eigenvalue weighted by molar-refractivity contribution is -0.148. The fourth-order valence-corrected chi connectivity index (χ4v) is 33.7. The van der Waals surface area contributed by atoms with Gasteiger partial charge in [0.1, 0.15) is 12.2 Å². The highest BCUT2D eigenvalue weighted by molar-refractivity contribution is 7.93. The van der Waals surface area contributed by atoms with Gasteiger partial charge in [-0.05, 0) is 452 Å². The van der Waals surface area contributed by atoms with E-state index in [1.54, 1.807) is 24.3 Å². The lowest BCUT2D eigenvalue weighted by Gasteiger charge is -2.62. The van der Waals surface area contributed by atoms with Crippen molar-refractivity contribution in [2.75, 3.05) is 45.9 Å². The third-order valence-corrected chi connectivity index (χ3v) is 41.0. The third-order valence-electron chi connectivity index (χ3n) is 40.8. The zero-order chi connectivity index (χ0) is 90.5. The summed E-state index contributed by atoms with van der Waals surface area (Å²) in [5, 5.41) is 42.9. The second-order valence-corrected chi connectivity index (χ2v) is 48.4. The van der Waals surface area contributed by atoms with E-state index in [2.05, 4.69) is 83.1 Å². The van der Waals surface area contributed by atoms with Crippen LogP contribution in [0.4, 0.5) is 3.89 Å². The molecule has 1 unspecified atom stereocenters. The Morgan fingerprint density at radius 1 is 0.369 bits per heavy atom. The number of halogens is 2. The number of hydrogen-bond acceptors (Lipinski definition) is 13. The molecule has 12 saturated carbocycles. The molecule has 3 aliphatic heterocycles. The molecule has 0 radical (unpaired) electrons. The van der Waals surface area contributed by atoms with Crippen molar-refractivity contribution in [1.82, 2.24) is 0 Å². The molecule has 15 fully saturated rings. The van der Waals surface area contributed by atoms with E-state index >= 15 is 0 Å². The Bertz CT molecular complexity index is 3790. The van der Waals surface area contributed by atoms with Crippen LogP contribution < -0.4 is 0 Å². The Morgan fingerprint density at radius 2 is 0.638 bits per heavy atom. The van der Waals surface area contributed by atoms with Crippen LogP contribution >= 0.6 is 23.7 Å². The summed E-state index contributed by atoms with van der Waals surface area (Å²) >= 11 is 5.41. The summed E-state index contributed by atoms with van der Waals surface area (Å²) in [6.07, 6.45) is 48.2. The number of carbonyl (C=O) groups excluding carboxylic acids is 3. The summed E-state index contributed by atoms with van der Waals surface area (Å²) in [6, 6.07) is 27.8. The summed E-state index contributed by atoms with van der Waals surface area (Å²) in [7, 11) is 0. The second-order valence-electron chi connectivity index (χ2n) is 47.8. The minimum absolute atomic E-state index is 0. The van der Waals surface area contributed by atoms with Gasteiger partial charge in [0, 0.05) is 75.4 Å². The van der Waals surface area contributed by atoms with Crippen LogP contribution in [-0.2, 0) is 23.7 Å². The van der Waals surface area contributed by atoms with Crippen molar-refractivity contribution in [2.45, 2.75) is 391 Å². The maximum Gasteiger partial charge on any atom is 0.338 e. The topological polar surface area (TPSA) is 178 Å². The molecule has 18 rings (SSSR count). The number of ether oxygens (including phenoxy) is 5. The molecule has 3 aromatic rings. The summed E-state index contributed by atoms with van der Waals surface area (Å²) in [5.74, 6) is 15.3. The summed E-state index contributed by atoms with van der Waals surface area (Å²) in [5.41, 5.74) is 3.23. The first-order valence-electron chi connectivity index (χ1n) is 52.1. The van der Waals surface area contributed by atoms with Crippen LogP contribution in [0.2, 0.25) is 0 Å². The van der Waals surface area contributed by atoms with Gasteiger partial charge in [-0.2, -0.15) is 3.89 Å². The van der Waals surface area contributed by atoms with Gasteiger partial charge in [-0.25, -0.2) is 9.59 Å². The van der Waals surface area contributed by atoms with E-state index in [1.807, 2.05) is 66.7 Å². The number of aliphatic hydroxyl groups excluding tert-OH is 1. The Kier molecular flexibility index (Phi) is 37.6. The van der Waals surface area contributed by atoms with Gasteiger partial charge in [-0.1, -0.05) is 151 Å². The summed E-state index contributed by atoms with van der Waals surface area (Å²) in [4.78, 5) is 36.5. The van der Waals surface area contributed by atoms with Crippen molar-refractivity contribution in [3.63, 3.8) is 0 Å². The number of benzene rings is 3. The van der Waals surface area contributed by atoms with Crippen molar-refractivity contribution >= 4 is 40.9 Å². The van der Waals surface area contributed by atoms with Gasteiger partial charge >= 0.3 is 11.9 Å². The number of aliphatic hydroxyl groups is 4. The van der Waals surface area contributed by atoms with Crippen LogP contribution in [0.3, 0.4) is 0 Å². The Balaban J connectivity index is 0.000000176. The minimum atomic E-state index is -0.452. The number of carbonyl (C=O) groups is 3. The van der Waals surface area contributed by atoms with E-state index in [-0.39, 0.29) is 64.7 Å². The largest absolute Gasteiger partial charge is 0.458 e. The molecule has 3 aromatic carbocycles. The molecular formula is C115H184ClFO12S. The third kappa shape index (κ3) is 23.7. The zero-order valence-corrected chi connectivity index (χ0v) is 82.6. The highest BCUT2D eigenvalue weighted by Crippen LogP contribution is 2.73. The zero-order valence-electron chi connectivity index (χ0n) is 81.1. The van der Waals surface area contributed by atoms with Crippen LogP contribution in [0.5, 0.6) is 0 Å². The van der Waals surface area contributed by atoms with E-state index in [0.717, 1.165) is 232 Å². The number of hydrogen-bond donors (Lipinski definition) is 4. The molecule has 30 atom stereocenters. The van der Waals surface area contributed by atoms with E-state index in [1.165, 1.54) is 148 Å². The normalized spacial score (nSPS) is 40.3. The minimum Gasteiger partial charge on any atom is -0.458 e. The van der Waals surface area contributed by atoms with Crippen molar-refractivity contribution < 1.29 is 62.4 Å². The second kappa shape index (κ2) is 45.7. The van der Waals surface area contributed by atoms with Crippen LogP contribution in [0, 0.1) is 157 Å².